The van der Waals surface area contributed by atoms with E-state index in [0.717, 1.165) is 71.1 Å². The first-order valence-electron chi connectivity index (χ1n) is 11.1. The van der Waals surface area contributed by atoms with Crippen molar-refractivity contribution in [2.45, 2.75) is 6.54 Å². The van der Waals surface area contributed by atoms with Gasteiger partial charge in [-0.2, -0.15) is 0 Å². The molecule has 3 aromatic heterocycles. The van der Waals surface area contributed by atoms with Gasteiger partial charge in [0, 0.05) is 17.1 Å². The van der Waals surface area contributed by atoms with Crippen LogP contribution in [-0.4, -0.2) is 58.5 Å². The molecule has 8 nitrogen and oxygen atoms in total. The summed E-state index contributed by atoms with van der Waals surface area (Å²) in [5.74, 6) is 0.822. The van der Waals surface area contributed by atoms with Gasteiger partial charge >= 0.3 is 0 Å². The van der Waals surface area contributed by atoms with Crippen molar-refractivity contribution in [3.8, 4) is 17.0 Å². The van der Waals surface area contributed by atoms with Gasteiger partial charge in [-0.25, -0.2) is 9.67 Å². The summed E-state index contributed by atoms with van der Waals surface area (Å²) in [4.78, 5) is 9.17. The van der Waals surface area contributed by atoms with Crippen molar-refractivity contribution in [3.63, 3.8) is 0 Å². The van der Waals surface area contributed by atoms with Crippen LogP contribution < -0.4 is 4.74 Å². The Labute approximate surface area is 197 Å². The largest absolute Gasteiger partial charge is 0.497 e. The van der Waals surface area contributed by atoms with E-state index in [0.29, 0.717) is 6.54 Å². The number of rotatable bonds is 4. The monoisotopic (exact) mass is 455 g/mol. The molecule has 1 aliphatic heterocycles. The minimum atomic E-state index is 0.598. The van der Waals surface area contributed by atoms with E-state index in [2.05, 4.69) is 33.5 Å². The summed E-state index contributed by atoms with van der Waals surface area (Å²) in [6, 6.07) is 22.0. The molecule has 34 heavy (non-hydrogen) atoms. The van der Waals surface area contributed by atoms with Gasteiger partial charge in [0.15, 0.2) is 5.65 Å². The molecular weight excluding hydrogens is 430 g/mol. The van der Waals surface area contributed by atoms with E-state index in [-0.39, 0.29) is 0 Å². The standard InChI is InChI=1S/C22H17N5O.C4H8O2/c1-28-18-7-5-16(6-8-18)20-10-11-21-22(24-20)27(26-25-21)14-15-4-9-19-17(13-15)3-2-12-23-19;1-2-6-4-3-5-1/h2-13H,14H2,1H3;1-4H2. The SMILES string of the molecule is C1COCCO1.COc1ccc(-c2ccc3nnn(Cc4ccc5ncccc5c4)c3n2)cc1. The highest BCUT2D eigenvalue weighted by atomic mass is 16.6. The molecule has 0 aliphatic carbocycles. The van der Waals surface area contributed by atoms with Crippen molar-refractivity contribution in [1.29, 1.82) is 0 Å². The number of benzene rings is 2. The average Bonchev–Trinajstić information content (AvgIpc) is 3.32. The van der Waals surface area contributed by atoms with Crippen molar-refractivity contribution < 1.29 is 14.2 Å². The Kier molecular flexibility index (Phi) is 6.69. The maximum Gasteiger partial charge on any atom is 0.179 e. The van der Waals surface area contributed by atoms with Gasteiger partial charge in [0.1, 0.15) is 11.3 Å². The molecule has 0 spiro atoms. The summed E-state index contributed by atoms with van der Waals surface area (Å²) < 4.78 is 17.0. The van der Waals surface area contributed by atoms with Crippen LogP contribution in [0.15, 0.2) is 72.9 Å². The maximum atomic E-state index is 5.23. The predicted molar refractivity (Wildman–Crippen MR) is 130 cm³/mol. The molecule has 0 radical (unpaired) electrons. The molecule has 1 saturated heterocycles. The van der Waals surface area contributed by atoms with Crippen LogP contribution >= 0.6 is 0 Å². The van der Waals surface area contributed by atoms with Gasteiger partial charge in [-0.15, -0.1) is 5.10 Å². The molecule has 8 heteroatoms. The van der Waals surface area contributed by atoms with E-state index < -0.39 is 0 Å². The van der Waals surface area contributed by atoms with Crippen LogP contribution in [0, 0.1) is 0 Å². The van der Waals surface area contributed by atoms with Crippen LogP contribution in [0.4, 0.5) is 0 Å². The third kappa shape index (κ3) is 5.03. The normalized spacial score (nSPS) is 13.4. The molecule has 1 aliphatic rings. The van der Waals surface area contributed by atoms with E-state index in [1.54, 1.807) is 13.3 Å². The molecule has 1 fully saturated rings. The Balaban J connectivity index is 0.000000351. The number of pyridine rings is 2. The van der Waals surface area contributed by atoms with Gasteiger partial charge in [0.2, 0.25) is 0 Å². The molecule has 0 atom stereocenters. The van der Waals surface area contributed by atoms with E-state index in [1.807, 2.05) is 53.2 Å². The van der Waals surface area contributed by atoms with E-state index in [9.17, 15) is 0 Å². The third-order valence-electron chi connectivity index (χ3n) is 5.49. The van der Waals surface area contributed by atoms with Crippen molar-refractivity contribution in [3.05, 3.63) is 78.5 Å². The molecule has 0 saturated carbocycles. The lowest BCUT2D eigenvalue weighted by Gasteiger charge is -2.09. The minimum absolute atomic E-state index is 0.598. The second-order valence-corrected chi connectivity index (χ2v) is 7.77. The van der Waals surface area contributed by atoms with Crippen LogP contribution in [0.5, 0.6) is 5.75 Å². The highest BCUT2D eigenvalue weighted by molar-refractivity contribution is 5.79. The fraction of sp³-hybridized carbons (Fsp3) is 0.231. The Morgan fingerprint density at radius 3 is 2.38 bits per heavy atom. The summed E-state index contributed by atoms with van der Waals surface area (Å²) >= 11 is 0. The lowest BCUT2D eigenvalue weighted by molar-refractivity contribution is -0.0334. The second-order valence-electron chi connectivity index (χ2n) is 7.77. The smallest absolute Gasteiger partial charge is 0.179 e. The zero-order chi connectivity index (χ0) is 23.2. The topological polar surface area (TPSA) is 84.2 Å². The van der Waals surface area contributed by atoms with Crippen molar-refractivity contribution in [1.82, 2.24) is 25.0 Å². The number of methoxy groups -OCH3 is 1. The van der Waals surface area contributed by atoms with Gasteiger partial charge in [-0.3, -0.25) is 4.98 Å². The van der Waals surface area contributed by atoms with Crippen LogP contribution in [0.1, 0.15) is 5.56 Å². The molecule has 5 aromatic rings. The summed E-state index contributed by atoms with van der Waals surface area (Å²) in [6.45, 7) is 3.71. The Morgan fingerprint density at radius 2 is 1.65 bits per heavy atom. The summed E-state index contributed by atoms with van der Waals surface area (Å²) in [5.41, 5.74) is 5.55. The predicted octanol–water partition coefficient (Wildman–Crippen LogP) is 4.13. The number of aromatic nitrogens is 5. The van der Waals surface area contributed by atoms with Crippen LogP contribution in [0.3, 0.4) is 0 Å². The number of hydrogen-bond donors (Lipinski definition) is 0. The van der Waals surface area contributed by atoms with E-state index in [1.165, 1.54) is 0 Å². The van der Waals surface area contributed by atoms with Crippen molar-refractivity contribution >= 4 is 22.1 Å². The van der Waals surface area contributed by atoms with Crippen LogP contribution in [0.25, 0.3) is 33.3 Å². The van der Waals surface area contributed by atoms with Crippen molar-refractivity contribution in [2.75, 3.05) is 33.5 Å². The second kappa shape index (κ2) is 10.4. The fourth-order valence-electron chi connectivity index (χ4n) is 3.72. The average molecular weight is 456 g/mol. The zero-order valence-electron chi connectivity index (χ0n) is 18.9. The maximum absolute atomic E-state index is 5.23. The molecular formula is C26H25N5O3. The van der Waals surface area contributed by atoms with Crippen LogP contribution in [-0.2, 0) is 16.0 Å². The van der Waals surface area contributed by atoms with E-state index >= 15 is 0 Å². The number of ether oxygens (including phenoxy) is 3. The lowest BCUT2D eigenvalue weighted by atomic mass is 10.1. The summed E-state index contributed by atoms with van der Waals surface area (Å²) in [5, 5.41) is 9.67. The molecule has 4 heterocycles. The van der Waals surface area contributed by atoms with Gasteiger partial charge in [-0.1, -0.05) is 17.3 Å². The number of fused-ring (bicyclic) bond motifs is 2. The minimum Gasteiger partial charge on any atom is -0.497 e. The summed E-state index contributed by atoms with van der Waals surface area (Å²) in [6.07, 6.45) is 1.80. The van der Waals surface area contributed by atoms with E-state index in [4.69, 9.17) is 19.2 Å². The van der Waals surface area contributed by atoms with Gasteiger partial charge in [0.25, 0.3) is 0 Å². The first kappa shape index (κ1) is 21.9. The van der Waals surface area contributed by atoms with Crippen LogP contribution in [0.2, 0.25) is 0 Å². The quantitative estimate of drug-likeness (QED) is 0.403. The molecule has 172 valence electrons. The highest BCUT2D eigenvalue weighted by Gasteiger charge is 2.10. The Bertz CT molecular complexity index is 1370. The van der Waals surface area contributed by atoms with Gasteiger partial charge in [-0.05, 0) is 60.2 Å². The molecule has 2 aromatic carbocycles. The molecule has 6 rings (SSSR count). The zero-order valence-corrected chi connectivity index (χ0v) is 18.9. The molecule has 0 N–H and O–H groups in total. The Morgan fingerprint density at radius 1 is 0.882 bits per heavy atom. The first-order valence-corrected chi connectivity index (χ1v) is 11.1. The highest BCUT2D eigenvalue weighted by Crippen LogP contribution is 2.23. The Hall–Kier alpha value is -3.88. The first-order chi connectivity index (χ1) is 16.8. The van der Waals surface area contributed by atoms with Gasteiger partial charge < -0.3 is 14.2 Å². The lowest BCUT2D eigenvalue weighted by Crippen LogP contribution is -2.16. The van der Waals surface area contributed by atoms with Gasteiger partial charge in [0.05, 0.1) is 51.3 Å². The number of nitrogens with zero attached hydrogens (tertiary/aromatic N) is 5. The summed E-state index contributed by atoms with van der Waals surface area (Å²) in [7, 11) is 1.66. The van der Waals surface area contributed by atoms with Crippen molar-refractivity contribution in [2.24, 2.45) is 0 Å². The molecule has 0 amide bonds. The fourth-order valence-corrected chi connectivity index (χ4v) is 3.72. The molecule has 0 unspecified atom stereocenters. The molecule has 0 bridgehead atoms. The number of hydrogen-bond acceptors (Lipinski definition) is 7. The third-order valence-corrected chi connectivity index (χ3v) is 5.49.